The summed E-state index contributed by atoms with van der Waals surface area (Å²) in [5.74, 6) is 2.00. The van der Waals surface area contributed by atoms with Gasteiger partial charge in [0.2, 0.25) is 0 Å². The number of carbonyl (C=O) groups excluding carboxylic acids is 1. The first-order chi connectivity index (χ1) is 15.3. The zero-order valence-electron chi connectivity index (χ0n) is 18.4. The van der Waals surface area contributed by atoms with E-state index in [4.69, 9.17) is 9.47 Å². The predicted octanol–water partition coefficient (Wildman–Crippen LogP) is 4.61. The van der Waals surface area contributed by atoms with Crippen molar-refractivity contribution in [1.29, 1.82) is 0 Å². The molecule has 5 heteroatoms. The highest BCUT2D eigenvalue weighted by atomic mass is 16.5. The van der Waals surface area contributed by atoms with Crippen molar-refractivity contribution in [2.24, 2.45) is 5.92 Å². The molecule has 0 radical (unpaired) electrons. The number of fused-ring (bicyclic) bond motifs is 1. The van der Waals surface area contributed by atoms with Gasteiger partial charge in [0, 0.05) is 24.2 Å². The zero-order valence-corrected chi connectivity index (χ0v) is 18.4. The third-order valence-electron chi connectivity index (χ3n) is 6.59. The van der Waals surface area contributed by atoms with Gasteiger partial charge in [0.1, 0.15) is 6.61 Å². The second-order valence-corrected chi connectivity index (χ2v) is 8.62. The van der Waals surface area contributed by atoms with Crippen LogP contribution in [0, 0.1) is 5.92 Å². The van der Waals surface area contributed by atoms with Gasteiger partial charge in [0.05, 0.1) is 13.2 Å². The van der Waals surface area contributed by atoms with Crippen molar-refractivity contribution in [3.63, 3.8) is 0 Å². The number of ether oxygens (including phenoxy) is 2. The quantitative estimate of drug-likeness (QED) is 0.578. The highest BCUT2D eigenvalue weighted by molar-refractivity contribution is 5.87. The molecule has 1 saturated carbocycles. The standard InChI is InChI=1S/C26H34N2O3/c1-30-23-13-7-8-14-24(23)31-18-17-27-25(26(29)20-10-3-2-4-11-20)22-16-15-19-9-5-6-12-21(19)28-22/h5-9,12-14,20,22,25,27-28H,2-4,10-11,15-18H2,1H3. The van der Waals surface area contributed by atoms with Gasteiger partial charge in [0.15, 0.2) is 17.3 Å². The Balaban J connectivity index is 1.40. The van der Waals surface area contributed by atoms with Gasteiger partial charge < -0.3 is 20.1 Å². The van der Waals surface area contributed by atoms with Crippen molar-refractivity contribution in [3.8, 4) is 11.5 Å². The van der Waals surface area contributed by atoms with E-state index in [1.165, 1.54) is 24.8 Å². The first kappa shape index (κ1) is 21.7. The summed E-state index contributed by atoms with van der Waals surface area (Å²) in [6, 6.07) is 16.0. The summed E-state index contributed by atoms with van der Waals surface area (Å²) >= 11 is 0. The van der Waals surface area contributed by atoms with Crippen LogP contribution < -0.4 is 20.1 Å². The molecule has 2 aliphatic rings. The minimum absolute atomic E-state index is 0.107. The van der Waals surface area contributed by atoms with Crippen LogP contribution in [0.25, 0.3) is 0 Å². The fourth-order valence-electron chi connectivity index (χ4n) is 4.91. The fourth-order valence-corrected chi connectivity index (χ4v) is 4.91. The van der Waals surface area contributed by atoms with Crippen LogP contribution in [0.3, 0.4) is 0 Å². The van der Waals surface area contributed by atoms with Crippen molar-refractivity contribution in [1.82, 2.24) is 5.32 Å². The Morgan fingerprint density at radius 1 is 1.03 bits per heavy atom. The number of aryl methyl sites for hydroxylation is 1. The molecule has 2 atom stereocenters. The molecule has 0 amide bonds. The molecule has 1 heterocycles. The largest absolute Gasteiger partial charge is 0.493 e. The molecule has 0 aromatic heterocycles. The summed E-state index contributed by atoms with van der Waals surface area (Å²) in [4.78, 5) is 13.5. The first-order valence-corrected chi connectivity index (χ1v) is 11.6. The number of ketones is 1. The SMILES string of the molecule is COc1ccccc1OCCNC(C(=O)C1CCCCC1)C1CCc2ccccc2N1. The Hall–Kier alpha value is -2.53. The summed E-state index contributed by atoms with van der Waals surface area (Å²) in [6.45, 7) is 1.10. The number of rotatable bonds is 9. The summed E-state index contributed by atoms with van der Waals surface area (Å²) in [5.41, 5.74) is 2.49. The molecule has 5 nitrogen and oxygen atoms in total. The number of methoxy groups -OCH3 is 1. The van der Waals surface area contributed by atoms with E-state index in [1.807, 2.05) is 24.3 Å². The Kier molecular flexibility index (Phi) is 7.47. The molecule has 0 spiro atoms. The van der Waals surface area contributed by atoms with E-state index < -0.39 is 0 Å². The molecule has 4 rings (SSSR count). The van der Waals surface area contributed by atoms with Crippen LogP contribution >= 0.6 is 0 Å². The number of hydrogen-bond donors (Lipinski definition) is 2. The second-order valence-electron chi connectivity index (χ2n) is 8.62. The van der Waals surface area contributed by atoms with E-state index in [9.17, 15) is 4.79 Å². The second kappa shape index (κ2) is 10.7. The Morgan fingerprint density at radius 3 is 2.58 bits per heavy atom. The van der Waals surface area contributed by atoms with E-state index in [2.05, 4.69) is 34.9 Å². The van der Waals surface area contributed by atoms with Crippen LogP contribution in [0.4, 0.5) is 5.69 Å². The molecule has 1 aliphatic heterocycles. The number of carbonyl (C=O) groups is 1. The van der Waals surface area contributed by atoms with Crippen LogP contribution in [0.15, 0.2) is 48.5 Å². The summed E-state index contributed by atoms with van der Waals surface area (Å²) < 4.78 is 11.3. The summed E-state index contributed by atoms with van der Waals surface area (Å²) in [5, 5.41) is 7.20. The van der Waals surface area contributed by atoms with Gasteiger partial charge in [-0.2, -0.15) is 0 Å². The van der Waals surface area contributed by atoms with E-state index in [1.54, 1.807) is 7.11 Å². The van der Waals surface area contributed by atoms with Crippen molar-refractivity contribution in [2.45, 2.75) is 57.0 Å². The van der Waals surface area contributed by atoms with E-state index >= 15 is 0 Å². The summed E-state index contributed by atoms with van der Waals surface area (Å²) in [6.07, 6.45) is 7.60. The topological polar surface area (TPSA) is 59.6 Å². The number of nitrogens with one attached hydrogen (secondary N) is 2. The number of hydrogen-bond acceptors (Lipinski definition) is 5. The average Bonchev–Trinajstić information content (AvgIpc) is 2.84. The van der Waals surface area contributed by atoms with Gasteiger partial charge in [-0.3, -0.25) is 4.79 Å². The van der Waals surface area contributed by atoms with Gasteiger partial charge in [-0.05, 0) is 49.4 Å². The maximum atomic E-state index is 13.5. The lowest BCUT2D eigenvalue weighted by Gasteiger charge is -2.35. The van der Waals surface area contributed by atoms with Gasteiger partial charge in [-0.1, -0.05) is 49.6 Å². The molecule has 1 aliphatic carbocycles. The van der Waals surface area contributed by atoms with E-state index in [0.717, 1.165) is 42.9 Å². The van der Waals surface area contributed by atoms with Gasteiger partial charge in [-0.15, -0.1) is 0 Å². The van der Waals surface area contributed by atoms with E-state index in [-0.39, 0.29) is 18.0 Å². The molecule has 0 saturated heterocycles. The number of Topliss-reactive ketones (excluding diaryl/α,β-unsaturated/α-hetero) is 1. The lowest BCUT2D eigenvalue weighted by atomic mass is 9.80. The highest BCUT2D eigenvalue weighted by Gasteiger charge is 2.35. The normalized spacial score (nSPS) is 19.7. The van der Waals surface area contributed by atoms with E-state index in [0.29, 0.717) is 18.9 Å². The molecular formula is C26H34N2O3. The lowest BCUT2D eigenvalue weighted by molar-refractivity contribution is -0.126. The van der Waals surface area contributed by atoms with Crippen molar-refractivity contribution >= 4 is 11.5 Å². The molecule has 31 heavy (non-hydrogen) atoms. The minimum atomic E-state index is -0.197. The molecular weight excluding hydrogens is 388 g/mol. The van der Waals surface area contributed by atoms with Crippen LogP contribution in [0.1, 0.15) is 44.1 Å². The third kappa shape index (κ3) is 5.40. The van der Waals surface area contributed by atoms with Crippen molar-refractivity contribution in [3.05, 3.63) is 54.1 Å². The molecule has 2 aromatic carbocycles. The molecule has 2 aromatic rings. The Labute approximate surface area is 185 Å². The van der Waals surface area contributed by atoms with Gasteiger partial charge in [-0.25, -0.2) is 0 Å². The van der Waals surface area contributed by atoms with Crippen LogP contribution in [-0.4, -0.2) is 38.1 Å². The number of para-hydroxylation sites is 3. The zero-order chi connectivity index (χ0) is 21.5. The summed E-state index contributed by atoms with van der Waals surface area (Å²) in [7, 11) is 1.64. The fraction of sp³-hybridized carbons (Fsp3) is 0.500. The molecule has 166 valence electrons. The molecule has 2 unspecified atom stereocenters. The van der Waals surface area contributed by atoms with Crippen LogP contribution in [0.5, 0.6) is 11.5 Å². The molecule has 0 bridgehead atoms. The maximum Gasteiger partial charge on any atom is 0.161 e. The Bertz CT molecular complexity index is 863. The molecule has 1 fully saturated rings. The highest BCUT2D eigenvalue weighted by Crippen LogP contribution is 2.30. The van der Waals surface area contributed by atoms with Crippen LogP contribution in [-0.2, 0) is 11.2 Å². The number of anilines is 1. The average molecular weight is 423 g/mol. The first-order valence-electron chi connectivity index (χ1n) is 11.6. The third-order valence-corrected chi connectivity index (χ3v) is 6.59. The predicted molar refractivity (Wildman–Crippen MR) is 124 cm³/mol. The Morgan fingerprint density at radius 2 is 1.77 bits per heavy atom. The van der Waals surface area contributed by atoms with Crippen molar-refractivity contribution in [2.75, 3.05) is 25.6 Å². The monoisotopic (exact) mass is 422 g/mol. The van der Waals surface area contributed by atoms with Gasteiger partial charge >= 0.3 is 0 Å². The molecule has 2 N–H and O–H groups in total. The lowest BCUT2D eigenvalue weighted by Crippen LogP contribution is -2.53. The smallest absolute Gasteiger partial charge is 0.161 e. The van der Waals surface area contributed by atoms with Crippen LogP contribution in [0.2, 0.25) is 0 Å². The number of benzene rings is 2. The maximum absolute atomic E-state index is 13.5. The minimum Gasteiger partial charge on any atom is -0.493 e. The van der Waals surface area contributed by atoms with Gasteiger partial charge in [0.25, 0.3) is 0 Å². The van der Waals surface area contributed by atoms with Crippen molar-refractivity contribution < 1.29 is 14.3 Å².